The summed E-state index contributed by atoms with van der Waals surface area (Å²) in [5, 5.41) is 11.8. The molecule has 1 amide bonds. The van der Waals surface area contributed by atoms with E-state index in [1.165, 1.54) is 0 Å². The molecule has 2 N–H and O–H groups in total. The van der Waals surface area contributed by atoms with Gasteiger partial charge >= 0.3 is 5.97 Å². The number of nitrogens with zero attached hydrogens (tertiary/aromatic N) is 1. The number of carboxylic acid groups (broad SMARTS) is 1. The molecular weight excluding hydrogens is 272 g/mol. The van der Waals surface area contributed by atoms with Crippen molar-refractivity contribution in [1.29, 1.82) is 0 Å². The van der Waals surface area contributed by atoms with Crippen LogP contribution in [-0.4, -0.2) is 22.0 Å². The third kappa shape index (κ3) is 3.10. The lowest BCUT2D eigenvalue weighted by Gasteiger charge is -2.15. The maximum absolute atomic E-state index is 12.1. The quantitative estimate of drug-likeness (QED) is 0.899. The van der Waals surface area contributed by atoms with Crippen molar-refractivity contribution < 1.29 is 19.1 Å². The molecule has 1 unspecified atom stereocenters. The summed E-state index contributed by atoms with van der Waals surface area (Å²) in [5.74, 6) is -1.36. The van der Waals surface area contributed by atoms with Gasteiger partial charge in [-0.3, -0.25) is 4.79 Å². The molecule has 1 aromatic heterocycles. The average molecular weight is 288 g/mol. The molecule has 0 saturated heterocycles. The van der Waals surface area contributed by atoms with Crippen LogP contribution >= 0.6 is 0 Å². The maximum Gasteiger partial charge on any atom is 0.330 e. The molecule has 2 rings (SSSR count). The van der Waals surface area contributed by atoms with Crippen molar-refractivity contribution in [3.63, 3.8) is 0 Å². The lowest BCUT2D eigenvalue weighted by atomic mass is 10.0. The SMILES string of the molecule is Cc1ccc(C(NC(=O)c2ncoc2C)C(=O)O)cc1C. The van der Waals surface area contributed by atoms with Gasteiger partial charge in [0.1, 0.15) is 5.76 Å². The molecule has 0 aliphatic rings. The van der Waals surface area contributed by atoms with Crippen LogP contribution in [0.4, 0.5) is 0 Å². The Balaban J connectivity index is 2.28. The van der Waals surface area contributed by atoms with E-state index in [2.05, 4.69) is 10.3 Å². The lowest BCUT2D eigenvalue weighted by Crippen LogP contribution is -2.34. The third-order valence-electron chi connectivity index (χ3n) is 3.35. The summed E-state index contributed by atoms with van der Waals surface area (Å²) in [4.78, 5) is 27.3. The second-order valence-electron chi connectivity index (χ2n) is 4.85. The monoisotopic (exact) mass is 288 g/mol. The Morgan fingerprint density at radius 1 is 1.24 bits per heavy atom. The van der Waals surface area contributed by atoms with Gasteiger partial charge in [-0.25, -0.2) is 9.78 Å². The molecule has 21 heavy (non-hydrogen) atoms. The predicted octanol–water partition coefficient (Wildman–Crippen LogP) is 2.16. The molecule has 0 bridgehead atoms. The zero-order valence-corrected chi connectivity index (χ0v) is 12.0. The molecule has 1 aromatic carbocycles. The van der Waals surface area contributed by atoms with Gasteiger partial charge in [0.15, 0.2) is 18.1 Å². The first-order chi connectivity index (χ1) is 9.90. The van der Waals surface area contributed by atoms with E-state index in [0.717, 1.165) is 17.5 Å². The van der Waals surface area contributed by atoms with E-state index in [0.29, 0.717) is 11.3 Å². The Bertz CT molecular complexity index is 691. The predicted molar refractivity (Wildman–Crippen MR) is 75.0 cm³/mol. The number of aryl methyl sites for hydroxylation is 3. The minimum absolute atomic E-state index is 0.0880. The fraction of sp³-hybridized carbons (Fsp3) is 0.267. The second-order valence-corrected chi connectivity index (χ2v) is 4.85. The van der Waals surface area contributed by atoms with Crippen molar-refractivity contribution in [2.45, 2.75) is 26.8 Å². The van der Waals surface area contributed by atoms with Crippen LogP contribution in [0.5, 0.6) is 0 Å². The Kier molecular flexibility index (Phi) is 4.07. The van der Waals surface area contributed by atoms with E-state index in [1.807, 2.05) is 19.9 Å². The third-order valence-corrected chi connectivity index (χ3v) is 3.35. The summed E-state index contributed by atoms with van der Waals surface area (Å²) in [5.41, 5.74) is 2.62. The highest BCUT2D eigenvalue weighted by Gasteiger charge is 2.25. The Morgan fingerprint density at radius 2 is 1.95 bits per heavy atom. The Morgan fingerprint density at radius 3 is 2.48 bits per heavy atom. The average Bonchev–Trinajstić information content (AvgIpc) is 2.85. The normalized spacial score (nSPS) is 12.0. The van der Waals surface area contributed by atoms with Crippen LogP contribution in [-0.2, 0) is 4.79 Å². The van der Waals surface area contributed by atoms with Crippen molar-refractivity contribution in [1.82, 2.24) is 10.3 Å². The molecule has 0 saturated carbocycles. The molecule has 0 aliphatic heterocycles. The standard InChI is InChI=1S/C15H16N2O4/c1-8-4-5-11(6-9(8)2)13(15(19)20)17-14(18)12-10(3)21-7-16-12/h4-7,13H,1-3H3,(H,17,18)(H,19,20). The largest absolute Gasteiger partial charge is 0.479 e. The summed E-state index contributed by atoms with van der Waals surface area (Å²) in [6.07, 6.45) is 1.15. The molecule has 1 atom stereocenters. The molecule has 0 fully saturated rings. The van der Waals surface area contributed by atoms with Crippen LogP contribution in [0, 0.1) is 20.8 Å². The summed E-state index contributed by atoms with van der Waals surface area (Å²) in [6.45, 7) is 5.42. The number of hydrogen-bond donors (Lipinski definition) is 2. The van der Waals surface area contributed by atoms with Gasteiger partial charge in [0, 0.05) is 0 Å². The molecule has 6 heteroatoms. The molecule has 6 nitrogen and oxygen atoms in total. The van der Waals surface area contributed by atoms with Gasteiger partial charge in [-0.2, -0.15) is 0 Å². The van der Waals surface area contributed by atoms with Crippen molar-refractivity contribution in [3.8, 4) is 0 Å². The Labute approximate surface area is 121 Å². The van der Waals surface area contributed by atoms with Crippen molar-refractivity contribution in [2.24, 2.45) is 0 Å². The summed E-state index contributed by atoms with van der Waals surface area (Å²) in [7, 11) is 0. The van der Waals surface area contributed by atoms with Crippen LogP contribution < -0.4 is 5.32 Å². The molecular formula is C15H16N2O4. The number of aliphatic carboxylic acids is 1. The zero-order valence-electron chi connectivity index (χ0n) is 12.0. The molecule has 1 heterocycles. The number of benzene rings is 1. The fourth-order valence-electron chi connectivity index (χ4n) is 1.95. The summed E-state index contributed by atoms with van der Waals surface area (Å²) >= 11 is 0. The second kappa shape index (κ2) is 5.78. The lowest BCUT2D eigenvalue weighted by molar-refractivity contribution is -0.139. The number of oxazole rings is 1. The Hall–Kier alpha value is -2.63. The highest BCUT2D eigenvalue weighted by Crippen LogP contribution is 2.18. The number of nitrogens with one attached hydrogen (secondary N) is 1. The van der Waals surface area contributed by atoms with Gasteiger partial charge in [0.2, 0.25) is 0 Å². The van der Waals surface area contributed by atoms with Crippen LogP contribution in [0.25, 0.3) is 0 Å². The number of aromatic nitrogens is 1. The number of carbonyl (C=O) groups is 2. The van der Waals surface area contributed by atoms with E-state index in [9.17, 15) is 14.7 Å². The first-order valence-electron chi connectivity index (χ1n) is 6.41. The summed E-state index contributed by atoms with van der Waals surface area (Å²) in [6, 6.07) is 4.14. The van der Waals surface area contributed by atoms with Gasteiger partial charge in [0.05, 0.1) is 0 Å². The molecule has 110 valence electrons. The van der Waals surface area contributed by atoms with Gasteiger partial charge in [0.25, 0.3) is 5.91 Å². The van der Waals surface area contributed by atoms with Gasteiger partial charge in [-0.05, 0) is 37.5 Å². The number of amides is 1. The van der Waals surface area contributed by atoms with E-state index >= 15 is 0 Å². The van der Waals surface area contributed by atoms with Crippen molar-refractivity contribution >= 4 is 11.9 Å². The number of hydrogen-bond acceptors (Lipinski definition) is 4. The number of carboxylic acids is 1. The molecule has 2 aromatic rings. The minimum Gasteiger partial charge on any atom is -0.479 e. The van der Waals surface area contributed by atoms with E-state index in [1.54, 1.807) is 19.1 Å². The van der Waals surface area contributed by atoms with E-state index in [-0.39, 0.29) is 5.69 Å². The van der Waals surface area contributed by atoms with Crippen LogP contribution in [0.2, 0.25) is 0 Å². The molecule has 0 radical (unpaired) electrons. The first-order valence-corrected chi connectivity index (χ1v) is 6.41. The fourth-order valence-corrected chi connectivity index (χ4v) is 1.95. The van der Waals surface area contributed by atoms with Gasteiger partial charge in [-0.1, -0.05) is 18.2 Å². The highest BCUT2D eigenvalue weighted by atomic mass is 16.4. The molecule has 0 aliphatic carbocycles. The van der Waals surface area contributed by atoms with Crippen LogP contribution in [0.15, 0.2) is 29.0 Å². The van der Waals surface area contributed by atoms with Crippen LogP contribution in [0.3, 0.4) is 0 Å². The summed E-state index contributed by atoms with van der Waals surface area (Å²) < 4.78 is 4.95. The molecule has 0 spiro atoms. The van der Waals surface area contributed by atoms with Crippen molar-refractivity contribution in [3.05, 3.63) is 52.7 Å². The maximum atomic E-state index is 12.1. The number of carbonyl (C=O) groups excluding carboxylic acids is 1. The highest BCUT2D eigenvalue weighted by molar-refractivity contribution is 5.95. The number of rotatable bonds is 4. The van der Waals surface area contributed by atoms with E-state index in [4.69, 9.17) is 4.42 Å². The van der Waals surface area contributed by atoms with Gasteiger partial charge in [-0.15, -0.1) is 0 Å². The zero-order chi connectivity index (χ0) is 15.6. The van der Waals surface area contributed by atoms with Gasteiger partial charge < -0.3 is 14.8 Å². The van der Waals surface area contributed by atoms with Crippen molar-refractivity contribution in [2.75, 3.05) is 0 Å². The van der Waals surface area contributed by atoms with E-state index < -0.39 is 17.9 Å². The first kappa shape index (κ1) is 14.8. The topological polar surface area (TPSA) is 92.4 Å². The minimum atomic E-state index is -1.13. The van der Waals surface area contributed by atoms with Crippen LogP contribution in [0.1, 0.15) is 39.0 Å². The smallest absolute Gasteiger partial charge is 0.330 e.